The lowest BCUT2D eigenvalue weighted by molar-refractivity contribution is 0.0699. The van der Waals surface area contributed by atoms with Crippen molar-refractivity contribution in [2.45, 2.75) is 0 Å². The van der Waals surface area contributed by atoms with Crippen molar-refractivity contribution in [2.24, 2.45) is 0 Å². The summed E-state index contributed by atoms with van der Waals surface area (Å²) >= 11 is 0. The van der Waals surface area contributed by atoms with Gasteiger partial charge in [-0.25, -0.2) is 4.79 Å². The van der Waals surface area contributed by atoms with Gasteiger partial charge in [-0.3, -0.25) is 4.98 Å². The van der Waals surface area contributed by atoms with E-state index >= 15 is 0 Å². The highest BCUT2D eigenvalue weighted by Gasteiger charge is 2.07. The summed E-state index contributed by atoms with van der Waals surface area (Å²) in [6.45, 7) is 0. The number of aromatic nitrogens is 2. The minimum absolute atomic E-state index is 0.281. The van der Waals surface area contributed by atoms with Crippen molar-refractivity contribution in [3.05, 3.63) is 36.4 Å². The minimum Gasteiger partial charge on any atom is -0.478 e. The molecule has 60 valence electrons. The number of rotatable bonds is 1. The lowest BCUT2D eigenvalue weighted by Crippen LogP contribution is -1.95. The van der Waals surface area contributed by atoms with Crippen molar-refractivity contribution in [2.75, 3.05) is 0 Å². The SMILES string of the molecule is O=C(O)c1ccn2ccncc12. The van der Waals surface area contributed by atoms with Crippen molar-refractivity contribution in [3.8, 4) is 0 Å². The molecule has 0 unspecified atom stereocenters. The molecule has 4 nitrogen and oxygen atoms in total. The van der Waals surface area contributed by atoms with E-state index in [9.17, 15) is 4.79 Å². The molecule has 0 aliphatic carbocycles. The van der Waals surface area contributed by atoms with Crippen LogP contribution < -0.4 is 0 Å². The third kappa shape index (κ3) is 0.852. The second-order valence-electron chi connectivity index (χ2n) is 2.40. The number of hydrogen-bond donors (Lipinski definition) is 1. The monoisotopic (exact) mass is 162 g/mol. The Kier molecular flexibility index (Phi) is 1.33. The predicted molar refractivity (Wildman–Crippen MR) is 42.2 cm³/mol. The third-order valence-corrected chi connectivity index (χ3v) is 1.70. The van der Waals surface area contributed by atoms with Crippen LogP contribution in [0.2, 0.25) is 0 Å². The molecular formula is C8H6N2O2. The lowest BCUT2D eigenvalue weighted by atomic mass is 10.3. The average molecular weight is 162 g/mol. The average Bonchev–Trinajstić information content (AvgIpc) is 2.47. The third-order valence-electron chi connectivity index (χ3n) is 1.70. The molecule has 0 saturated heterocycles. The highest BCUT2D eigenvalue weighted by molar-refractivity contribution is 5.95. The van der Waals surface area contributed by atoms with Crippen LogP contribution in [0.1, 0.15) is 10.4 Å². The Morgan fingerprint density at radius 3 is 3.08 bits per heavy atom. The summed E-state index contributed by atoms with van der Waals surface area (Å²) in [7, 11) is 0. The van der Waals surface area contributed by atoms with Crippen molar-refractivity contribution in [1.82, 2.24) is 9.38 Å². The fraction of sp³-hybridized carbons (Fsp3) is 0. The molecule has 0 atom stereocenters. The minimum atomic E-state index is -0.925. The van der Waals surface area contributed by atoms with Crippen molar-refractivity contribution in [1.29, 1.82) is 0 Å². The first-order valence-electron chi connectivity index (χ1n) is 3.43. The lowest BCUT2D eigenvalue weighted by Gasteiger charge is -1.92. The van der Waals surface area contributed by atoms with Gasteiger partial charge in [0.05, 0.1) is 17.3 Å². The zero-order valence-corrected chi connectivity index (χ0v) is 6.14. The number of fused-ring (bicyclic) bond motifs is 1. The molecule has 0 bridgehead atoms. The predicted octanol–water partition coefficient (Wildman–Crippen LogP) is 1.03. The summed E-state index contributed by atoms with van der Waals surface area (Å²) in [6, 6.07) is 1.55. The van der Waals surface area contributed by atoms with Crippen LogP contribution in [0.3, 0.4) is 0 Å². The summed E-state index contributed by atoms with van der Waals surface area (Å²) in [5, 5.41) is 8.73. The van der Waals surface area contributed by atoms with Gasteiger partial charge in [0, 0.05) is 18.6 Å². The van der Waals surface area contributed by atoms with Crippen molar-refractivity contribution < 1.29 is 9.90 Å². The molecule has 0 radical (unpaired) electrons. The van der Waals surface area contributed by atoms with E-state index < -0.39 is 5.97 Å². The van der Waals surface area contributed by atoms with Crippen LogP contribution in [-0.2, 0) is 0 Å². The molecule has 2 aromatic rings. The molecular weight excluding hydrogens is 156 g/mol. The molecule has 2 heterocycles. The molecule has 4 heteroatoms. The molecule has 0 aromatic carbocycles. The summed E-state index contributed by atoms with van der Waals surface area (Å²) in [5.41, 5.74) is 0.896. The van der Waals surface area contributed by atoms with E-state index in [1.54, 1.807) is 29.1 Å². The Labute approximate surface area is 68.1 Å². The molecule has 0 saturated carbocycles. The van der Waals surface area contributed by atoms with Crippen LogP contribution in [0.5, 0.6) is 0 Å². The summed E-state index contributed by atoms with van der Waals surface area (Å²) in [4.78, 5) is 14.5. The van der Waals surface area contributed by atoms with Crippen molar-refractivity contribution >= 4 is 11.5 Å². The van der Waals surface area contributed by atoms with Gasteiger partial charge in [0.25, 0.3) is 0 Å². The Hall–Kier alpha value is -1.84. The Balaban J connectivity index is 2.79. The van der Waals surface area contributed by atoms with Gasteiger partial charge in [0.1, 0.15) is 0 Å². The maximum absolute atomic E-state index is 10.6. The van der Waals surface area contributed by atoms with Crippen LogP contribution in [0.15, 0.2) is 30.9 Å². The van der Waals surface area contributed by atoms with E-state index in [1.165, 1.54) is 6.20 Å². The molecule has 12 heavy (non-hydrogen) atoms. The number of carbonyl (C=O) groups is 1. The van der Waals surface area contributed by atoms with E-state index in [0.717, 1.165) is 0 Å². The van der Waals surface area contributed by atoms with Crippen LogP contribution in [0.25, 0.3) is 5.52 Å². The quantitative estimate of drug-likeness (QED) is 0.681. The number of carboxylic acids is 1. The van der Waals surface area contributed by atoms with E-state index in [0.29, 0.717) is 5.52 Å². The van der Waals surface area contributed by atoms with Crippen LogP contribution in [-0.4, -0.2) is 20.5 Å². The number of aromatic carboxylic acids is 1. The van der Waals surface area contributed by atoms with E-state index in [4.69, 9.17) is 5.11 Å². The molecule has 0 spiro atoms. The first-order chi connectivity index (χ1) is 5.79. The van der Waals surface area contributed by atoms with Crippen LogP contribution in [0, 0.1) is 0 Å². The van der Waals surface area contributed by atoms with Gasteiger partial charge < -0.3 is 9.51 Å². The second-order valence-corrected chi connectivity index (χ2v) is 2.40. The molecule has 2 aromatic heterocycles. The summed E-state index contributed by atoms with van der Waals surface area (Å²) in [6.07, 6.45) is 6.55. The molecule has 0 aliphatic heterocycles. The topological polar surface area (TPSA) is 54.6 Å². The van der Waals surface area contributed by atoms with Gasteiger partial charge in [-0.1, -0.05) is 0 Å². The van der Waals surface area contributed by atoms with Gasteiger partial charge in [-0.2, -0.15) is 0 Å². The summed E-state index contributed by atoms with van der Waals surface area (Å²) in [5.74, 6) is -0.925. The fourth-order valence-electron chi connectivity index (χ4n) is 1.13. The highest BCUT2D eigenvalue weighted by atomic mass is 16.4. The number of hydrogen-bond acceptors (Lipinski definition) is 2. The molecule has 1 N–H and O–H groups in total. The molecule has 0 amide bonds. The van der Waals surface area contributed by atoms with Gasteiger partial charge >= 0.3 is 5.97 Å². The fourth-order valence-corrected chi connectivity index (χ4v) is 1.13. The van der Waals surface area contributed by atoms with Gasteiger partial charge in [-0.05, 0) is 6.07 Å². The Bertz CT molecular complexity index is 433. The van der Waals surface area contributed by atoms with E-state index in [1.807, 2.05) is 0 Å². The zero-order valence-electron chi connectivity index (χ0n) is 6.14. The first kappa shape index (κ1) is 6.84. The van der Waals surface area contributed by atoms with Crippen LogP contribution in [0.4, 0.5) is 0 Å². The normalized spacial score (nSPS) is 10.3. The standard InChI is InChI=1S/C8H6N2O2/c11-8(12)6-1-3-10-4-2-9-5-7(6)10/h1-5H,(H,11,12). The van der Waals surface area contributed by atoms with Gasteiger partial charge in [0.15, 0.2) is 0 Å². The smallest absolute Gasteiger partial charge is 0.337 e. The zero-order chi connectivity index (χ0) is 8.55. The maximum Gasteiger partial charge on any atom is 0.337 e. The second kappa shape index (κ2) is 2.34. The maximum atomic E-state index is 10.6. The van der Waals surface area contributed by atoms with E-state index in [2.05, 4.69) is 4.98 Å². The summed E-state index contributed by atoms with van der Waals surface area (Å²) < 4.78 is 1.72. The first-order valence-corrected chi connectivity index (χ1v) is 3.43. The Morgan fingerprint density at radius 2 is 2.33 bits per heavy atom. The Morgan fingerprint density at radius 1 is 1.50 bits per heavy atom. The molecule has 2 rings (SSSR count). The molecule has 0 fully saturated rings. The van der Waals surface area contributed by atoms with E-state index in [-0.39, 0.29) is 5.56 Å². The van der Waals surface area contributed by atoms with Gasteiger partial charge in [0.2, 0.25) is 0 Å². The van der Waals surface area contributed by atoms with Crippen molar-refractivity contribution in [3.63, 3.8) is 0 Å². The van der Waals surface area contributed by atoms with Gasteiger partial charge in [-0.15, -0.1) is 0 Å². The molecule has 0 aliphatic rings. The number of carboxylic acid groups (broad SMARTS) is 1. The highest BCUT2D eigenvalue weighted by Crippen LogP contribution is 2.10. The number of nitrogens with zero attached hydrogens (tertiary/aromatic N) is 2. The van der Waals surface area contributed by atoms with Crippen LogP contribution >= 0.6 is 0 Å². The largest absolute Gasteiger partial charge is 0.478 e.